The zero-order valence-corrected chi connectivity index (χ0v) is 7.59. The summed E-state index contributed by atoms with van der Waals surface area (Å²) in [5.74, 6) is 0. The van der Waals surface area contributed by atoms with E-state index in [1.807, 2.05) is 0 Å². The second kappa shape index (κ2) is 5.76. The second-order valence-corrected chi connectivity index (χ2v) is 2.96. The zero-order valence-electron chi connectivity index (χ0n) is 4.91. The first-order chi connectivity index (χ1) is 4.64. The van der Waals surface area contributed by atoms with Crippen molar-refractivity contribution in [3.05, 3.63) is 0 Å². The number of carbonyl (C=O) groups is 2. The lowest BCUT2D eigenvalue weighted by molar-refractivity contribution is -0.126. The molecule has 0 fully saturated rings. The maximum absolute atomic E-state index is 9.58. The van der Waals surface area contributed by atoms with Crippen molar-refractivity contribution >= 4 is 43.3 Å². The van der Waals surface area contributed by atoms with E-state index in [4.69, 9.17) is 19.2 Å². The summed E-state index contributed by atoms with van der Waals surface area (Å²) in [5, 5.41) is -1.64. The molecule has 0 aliphatic heterocycles. The second-order valence-electron chi connectivity index (χ2n) is 1.12. The van der Waals surface area contributed by atoms with Gasteiger partial charge in [0.15, 0.2) is 0 Å². The van der Waals surface area contributed by atoms with Gasteiger partial charge in [-0.2, -0.15) is 0 Å². The molecule has 0 aromatic carbocycles. The summed E-state index contributed by atoms with van der Waals surface area (Å²) in [6, 6.07) is 0. The van der Waals surface area contributed by atoms with Crippen LogP contribution in [-0.2, 0) is 14.2 Å². The minimum absolute atomic E-state index is 0.821. The van der Waals surface area contributed by atoms with Gasteiger partial charge in [0, 0.05) is 0 Å². The fourth-order valence-corrected chi connectivity index (χ4v) is 0. The number of phosphoric acid groups is 1. The van der Waals surface area contributed by atoms with E-state index < -0.39 is 18.1 Å². The topological polar surface area (TPSA) is 112 Å². The van der Waals surface area contributed by atoms with Crippen LogP contribution in [0.3, 0.4) is 0 Å². The van der Waals surface area contributed by atoms with Crippen molar-refractivity contribution < 1.29 is 28.8 Å². The first kappa shape index (κ1) is 13.7. The van der Waals surface area contributed by atoms with Crippen molar-refractivity contribution in [1.82, 2.24) is 0 Å². The van der Waals surface area contributed by atoms with E-state index in [2.05, 4.69) is 25.3 Å². The van der Waals surface area contributed by atoms with E-state index in [1.165, 1.54) is 0 Å². The molecule has 0 atom stereocenters. The minimum Gasteiger partial charge on any atom is -0.303 e. The lowest BCUT2D eigenvalue weighted by Crippen LogP contribution is -1.94. The Kier molecular flexibility index (Phi) is 7.18. The Bertz CT molecular complexity index is 174. The first-order valence-electron chi connectivity index (χ1n) is 1.89. The molecule has 66 valence electrons. The molecule has 0 amide bonds. The number of carbonyl (C=O) groups excluding carboxylic acids is 2. The van der Waals surface area contributed by atoms with Gasteiger partial charge in [0.2, 0.25) is 0 Å². The van der Waals surface area contributed by atoms with Crippen LogP contribution in [0.15, 0.2) is 0 Å². The van der Waals surface area contributed by atoms with Crippen LogP contribution in [0.5, 0.6) is 0 Å². The summed E-state index contributed by atoms with van der Waals surface area (Å²) in [6.07, 6.45) is 0. The molecule has 0 saturated carbocycles. The Labute approximate surface area is 72.7 Å². The van der Waals surface area contributed by atoms with Gasteiger partial charge in [0.1, 0.15) is 0 Å². The number of hydrogen-bond donors (Lipinski definition) is 5. The summed E-state index contributed by atoms with van der Waals surface area (Å²) in [7, 11) is -4.64. The van der Waals surface area contributed by atoms with Gasteiger partial charge in [-0.15, -0.1) is 0 Å². The molecule has 0 spiro atoms. The Morgan fingerprint density at radius 3 is 1.09 bits per heavy atom. The van der Waals surface area contributed by atoms with Gasteiger partial charge in [0.25, 0.3) is 10.2 Å². The molecule has 0 heterocycles. The standard InChI is InChI=1S/C2H2O2S2.H3O4P/c3-1(5)2(4)6;1-5(2,3)4/h(H,3,5)(H,4,6);(H3,1,2,3,4). The van der Waals surface area contributed by atoms with Crippen molar-refractivity contribution in [2.75, 3.05) is 0 Å². The van der Waals surface area contributed by atoms with Gasteiger partial charge in [-0.25, -0.2) is 4.57 Å². The molecule has 6 nitrogen and oxygen atoms in total. The van der Waals surface area contributed by atoms with Gasteiger partial charge >= 0.3 is 7.82 Å². The van der Waals surface area contributed by atoms with Gasteiger partial charge in [-0.3, -0.25) is 9.59 Å². The number of thiol groups is 2. The van der Waals surface area contributed by atoms with Crippen LogP contribution in [-0.4, -0.2) is 24.9 Å². The van der Waals surface area contributed by atoms with Crippen LogP contribution in [0, 0.1) is 0 Å². The van der Waals surface area contributed by atoms with Crippen LogP contribution in [0.25, 0.3) is 0 Å². The average molecular weight is 220 g/mol. The third-order valence-electron chi connectivity index (χ3n) is 0.183. The van der Waals surface area contributed by atoms with E-state index in [0.717, 1.165) is 0 Å². The van der Waals surface area contributed by atoms with Gasteiger partial charge in [0.05, 0.1) is 0 Å². The fourth-order valence-electron chi connectivity index (χ4n) is 0. The molecule has 9 heteroatoms. The molecule has 0 aliphatic rings. The molecule has 0 rings (SSSR count). The van der Waals surface area contributed by atoms with E-state index in [0.29, 0.717) is 0 Å². The highest BCUT2D eigenvalue weighted by molar-refractivity contribution is 8.09. The van der Waals surface area contributed by atoms with Crippen molar-refractivity contribution in [2.45, 2.75) is 0 Å². The van der Waals surface area contributed by atoms with Gasteiger partial charge in [-0.05, 0) is 0 Å². The van der Waals surface area contributed by atoms with Crippen molar-refractivity contribution in [3.63, 3.8) is 0 Å². The molecular weight excluding hydrogens is 215 g/mol. The van der Waals surface area contributed by atoms with Crippen LogP contribution >= 0.6 is 33.1 Å². The highest BCUT2D eigenvalue weighted by Gasteiger charge is 2.00. The Hall–Kier alpha value is 0.150. The number of rotatable bonds is 1. The molecule has 3 N–H and O–H groups in total. The summed E-state index contributed by atoms with van der Waals surface area (Å²) in [6.45, 7) is 0. The summed E-state index contributed by atoms with van der Waals surface area (Å²) in [4.78, 5) is 40.7. The van der Waals surface area contributed by atoms with E-state index >= 15 is 0 Å². The predicted octanol–water partition coefficient (Wildman–Crippen LogP) is -1.03. The van der Waals surface area contributed by atoms with E-state index in [-0.39, 0.29) is 0 Å². The maximum Gasteiger partial charge on any atom is 0.466 e. The predicted molar refractivity (Wildman–Crippen MR) is 42.2 cm³/mol. The average Bonchev–Trinajstić information content (AvgIpc) is 1.59. The Balaban J connectivity index is 0. The monoisotopic (exact) mass is 220 g/mol. The third-order valence-corrected chi connectivity index (χ3v) is 0.766. The summed E-state index contributed by atoms with van der Waals surface area (Å²) >= 11 is 6.26. The molecule has 11 heavy (non-hydrogen) atoms. The molecule has 0 saturated heterocycles. The van der Waals surface area contributed by atoms with Crippen LogP contribution < -0.4 is 0 Å². The molecule has 0 aromatic rings. The molecule has 0 radical (unpaired) electrons. The minimum atomic E-state index is -4.64. The Morgan fingerprint density at radius 2 is 1.09 bits per heavy atom. The third kappa shape index (κ3) is 39.1. The number of hydrogen-bond acceptors (Lipinski definition) is 3. The zero-order chi connectivity index (χ0) is 9.65. The van der Waals surface area contributed by atoms with Crippen LogP contribution in [0.4, 0.5) is 0 Å². The van der Waals surface area contributed by atoms with Gasteiger partial charge in [-0.1, -0.05) is 25.3 Å². The SMILES string of the molecule is O=C(S)C(=O)S.O=P(O)(O)O. The van der Waals surface area contributed by atoms with Crippen molar-refractivity contribution in [1.29, 1.82) is 0 Å². The lowest BCUT2D eigenvalue weighted by Gasteiger charge is -1.82. The van der Waals surface area contributed by atoms with E-state index in [1.54, 1.807) is 0 Å². The highest BCUT2D eigenvalue weighted by Crippen LogP contribution is 2.25. The maximum atomic E-state index is 9.58. The summed E-state index contributed by atoms with van der Waals surface area (Å²) < 4.78 is 8.88. The molecular formula is C2H5O6PS2. The first-order valence-corrected chi connectivity index (χ1v) is 4.35. The highest BCUT2D eigenvalue weighted by atomic mass is 32.1. The van der Waals surface area contributed by atoms with Crippen molar-refractivity contribution in [2.24, 2.45) is 0 Å². The summed E-state index contributed by atoms with van der Waals surface area (Å²) in [5.41, 5.74) is 0. The molecule has 0 aromatic heterocycles. The van der Waals surface area contributed by atoms with Crippen LogP contribution in [0.1, 0.15) is 0 Å². The Morgan fingerprint density at radius 1 is 1.00 bits per heavy atom. The fraction of sp³-hybridized carbons (Fsp3) is 0. The molecule has 0 aliphatic carbocycles. The molecule has 0 bridgehead atoms. The van der Waals surface area contributed by atoms with Crippen LogP contribution in [0.2, 0.25) is 0 Å². The quantitative estimate of drug-likeness (QED) is 0.219. The lowest BCUT2D eigenvalue weighted by atomic mass is 10.9. The molecule has 0 unspecified atom stereocenters. The van der Waals surface area contributed by atoms with Crippen molar-refractivity contribution in [3.8, 4) is 0 Å². The normalized spacial score (nSPS) is 9.55. The van der Waals surface area contributed by atoms with E-state index in [9.17, 15) is 9.59 Å². The smallest absolute Gasteiger partial charge is 0.303 e. The van der Waals surface area contributed by atoms with Gasteiger partial charge < -0.3 is 14.7 Å². The largest absolute Gasteiger partial charge is 0.466 e.